The fourth-order valence-electron chi connectivity index (χ4n) is 1.49. The molecule has 1 aromatic heterocycles. The van der Waals surface area contributed by atoms with Crippen molar-refractivity contribution in [3.8, 4) is 0 Å². The zero-order chi connectivity index (χ0) is 16.2. The summed E-state index contributed by atoms with van der Waals surface area (Å²) in [6.07, 6.45) is -3.12. The van der Waals surface area contributed by atoms with E-state index in [0.29, 0.717) is 21.6 Å². The fraction of sp³-hybridized carbons (Fsp3) is 0.667. The van der Waals surface area contributed by atoms with E-state index < -0.39 is 25.6 Å². The van der Waals surface area contributed by atoms with Crippen LogP contribution in [-0.2, 0) is 17.8 Å². The molecule has 1 aromatic rings. The average Bonchev–Trinajstić information content (AvgIpc) is 2.34. The Kier molecular flexibility index (Phi) is 6.57. The first-order valence-corrected chi connectivity index (χ1v) is 7.25. The highest BCUT2D eigenvalue weighted by Crippen LogP contribution is 2.24. The summed E-state index contributed by atoms with van der Waals surface area (Å²) in [4.78, 5) is 8.09. The van der Waals surface area contributed by atoms with Crippen LogP contribution in [0.3, 0.4) is 0 Å². The van der Waals surface area contributed by atoms with E-state index in [1.165, 1.54) is 0 Å². The standard InChI is InChI=1S/C12H16F4IN3O/c1-6(2)3-7-9(17)10(18)20-8(19-7)4-21-5-12(15,16)11(13)14/h6,11H,3-5H2,1-2H3,(H2,18,19,20). The summed E-state index contributed by atoms with van der Waals surface area (Å²) < 4.78 is 54.7. The van der Waals surface area contributed by atoms with E-state index in [0.717, 1.165) is 0 Å². The molecule has 0 aliphatic carbocycles. The molecule has 0 aromatic carbocycles. The third-order valence-corrected chi connectivity index (χ3v) is 3.61. The molecule has 0 bridgehead atoms. The lowest BCUT2D eigenvalue weighted by Crippen LogP contribution is -2.32. The normalized spacial score (nSPS) is 12.4. The van der Waals surface area contributed by atoms with Crippen LogP contribution < -0.4 is 5.73 Å². The van der Waals surface area contributed by atoms with E-state index in [9.17, 15) is 17.6 Å². The van der Waals surface area contributed by atoms with Crippen LogP contribution in [0.25, 0.3) is 0 Å². The summed E-state index contributed by atoms with van der Waals surface area (Å²) in [5.41, 5.74) is 6.41. The van der Waals surface area contributed by atoms with Crippen LogP contribution in [0, 0.1) is 9.49 Å². The number of rotatable bonds is 7. The minimum atomic E-state index is -4.19. The maximum absolute atomic E-state index is 12.7. The van der Waals surface area contributed by atoms with Gasteiger partial charge in [-0.05, 0) is 34.9 Å². The van der Waals surface area contributed by atoms with Crippen LogP contribution in [0.5, 0.6) is 0 Å². The Morgan fingerprint density at radius 3 is 2.43 bits per heavy atom. The Morgan fingerprint density at radius 2 is 1.90 bits per heavy atom. The van der Waals surface area contributed by atoms with E-state index in [4.69, 9.17) is 5.73 Å². The first kappa shape index (κ1) is 18.3. The van der Waals surface area contributed by atoms with Gasteiger partial charge in [-0.2, -0.15) is 8.78 Å². The van der Waals surface area contributed by atoms with Gasteiger partial charge in [-0.1, -0.05) is 13.8 Å². The number of nitrogens with two attached hydrogens (primary N) is 1. The summed E-state index contributed by atoms with van der Waals surface area (Å²) in [5, 5.41) is 0. The van der Waals surface area contributed by atoms with Gasteiger partial charge in [0.25, 0.3) is 0 Å². The summed E-state index contributed by atoms with van der Waals surface area (Å²) in [7, 11) is 0. The summed E-state index contributed by atoms with van der Waals surface area (Å²) >= 11 is 2.00. The van der Waals surface area contributed by atoms with Gasteiger partial charge >= 0.3 is 12.3 Å². The lowest BCUT2D eigenvalue weighted by atomic mass is 10.1. The second-order valence-electron chi connectivity index (χ2n) is 4.94. The van der Waals surface area contributed by atoms with Crippen molar-refractivity contribution >= 4 is 28.4 Å². The second-order valence-corrected chi connectivity index (χ2v) is 6.02. The molecule has 0 spiro atoms. The molecule has 2 N–H and O–H groups in total. The van der Waals surface area contributed by atoms with Gasteiger partial charge in [0.1, 0.15) is 19.0 Å². The summed E-state index contributed by atoms with van der Waals surface area (Å²) in [6, 6.07) is 0. The largest absolute Gasteiger partial charge is 0.383 e. The molecule has 0 aliphatic heterocycles. The number of hydrogen-bond donors (Lipinski definition) is 1. The number of hydrogen-bond acceptors (Lipinski definition) is 4. The number of anilines is 1. The van der Waals surface area contributed by atoms with Gasteiger partial charge in [-0.15, -0.1) is 0 Å². The highest BCUT2D eigenvalue weighted by molar-refractivity contribution is 14.1. The van der Waals surface area contributed by atoms with E-state index >= 15 is 0 Å². The third-order valence-electron chi connectivity index (χ3n) is 2.44. The van der Waals surface area contributed by atoms with Crippen LogP contribution in [0.2, 0.25) is 0 Å². The van der Waals surface area contributed by atoms with Crippen molar-refractivity contribution in [3.63, 3.8) is 0 Å². The molecular weight excluding hydrogens is 405 g/mol. The quantitative estimate of drug-likeness (QED) is 0.543. The van der Waals surface area contributed by atoms with Gasteiger partial charge in [0.05, 0.1) is 9.26 Å². The number of alkyl halides is 4. The van der Waals surface area contributed by atoms with E-state index in [-0.39, 0.29) is 11.6 Å². The molecule has 0 saturated heterocycles. The Balaban J connectivity index is 2.74. The Morgan fingerprint density at radius 1 is 1.29 bits per heavy atom. The van der Waals surface area contributed by atoms with Gasteiger partial charge < -0.3 is 10.5 Å². The van der Waals surface area contributed by atoms with Crippen molar-refractivity contribution in [1.29, 1.82) is 0 Å². The highest BCUT2D eigenvalue weighted by atomic mass is 127. The summed E-state index contributed by atoms with van der Waals surface area (Å²) in [6.45, 7) is 2.20. The monoisotopic (exact) mass is 421 g/mol. The van der Waals surface area contributed by atoms with Crippen molar-refractivity contribution in [2.45, 2.75) is 39.2 Å². The molecular formula is C12H16F4IN3O. The molecule has 9 heteroatoms. The van der Waals surface area contributed by atoms with E-state index in [1.54, 1.807) is 0 Å². The Labute approximate surface area is 133 Å². The molecule has 0 aliphatic rings. The molecule has 0 atom stereocenters. The van der Waals surface area contributed by atoms with Crippen molar-refractivity contribution in [2.24, 2.45) is 5.92 Å². The minimum Gasteiger partial charge on any atom is -0.383 e. The maximum atomic E-state index is 12.7. The molecule has 21 heavy (non-hydrogen) atoms. The van der Waals surface area contributed by atoms with Crippen molar-refractivity contribution in [2.75, 3.05) is 12.3 Å². The van der Waals surface area contributed by atoms with Crippen LogP contribution in [0.1, 0.15) is 25.4 Å². The zero-order valence-corrected chi connectivity index (χ0v) is 13.7. The first-order chi connectivity index (χ1) is 9.63. The third kappa shape index (κ3) is 5.53. The zero-order valence-electron chi connectivity index (χ0n) is 11.5. The van der Waals surface area contributed by atoms with Crippen molar-refractivity contribution < 1.29 is 22.3 Å². The Hall–Kier alpha value is -0.710. The molecule has 0 radical (unpaired) electrons. The molecule has 0 unspecified atom stereocenters. The topological polar surface area (TPSA) is 61.0 Å². The Bertz CT molecular complexity index is 486. The van der Waals surface area contributed by atoms with Gasteiger partial charge in [0.15, 0.2) is 5.82 Å². The predicted octanol–water partition coefficient (Wildman–Crippen LogP) is 3.28. The number of nitrogens with zero attached hydrogens (tertiary/aromatic N) is 2. The lowest BCUT2D eigenvalue weighted by Gasteiger charge is -2.15. The molecule has 1 rings (SSSR count). The molecule has 1 heterocycles. The number of nitrogen functional groups attached to an aromatic ring is 1. The molecule has 0 fully saturated rings. The number of aromatic nitrogens is 2. The van der Waals surface area contributed by atoms with Gasteiger partial charge in [-0.25, -0.2) is 18.7 Å². The number of ether oxygens (including phenoxy) is 1. The average molecular weight is 421 g/mol. The van der Waals surface area contributed by atoms with Crippen LogP contribution in [0.15, 0.2) is 0 Å². The van der Waals surface area contributed by atoms with E-state index in [2.05, 4.69) is 14.7 Å². The smallest absolute Gasteiger partial charge is 0.330 e. The molecule has 4 nitrogen and oxygen atoms in total. The molecule has 0 amide bonds. The van der Waals surface area contributed by atoms with Gasteiger partial charge in [-0.3, -0.25) is 0 Å². The van der Waals surface area contributed by atoms with Crippen LogP contribution in [0.4, 0.5) is 23.4 Å². The van der Waals surface area contributed by atoms with Crippen LogP contribution in [-0.4, -0.2) is 28.9 Å². The number of halogens is 5. The first-order valence-electron chi connectivity index (χ1n) is 6.18. The van der Waals surface area contributed by atoms with Crippen molar-refractivity contribution in [3.05, 3.63) is 15.1 Å². The minimum absolute atomic E-state index is 0.105. The SMILES string of the molecule is CC(C)Cc1nc(COCC(F)(F)C(F)F)nc(N)c1I. The lowest BCUT2D eigenvalue weighted by molar-refractivity contribution is -0.168. The van der Waals surface area contributed by atoms with Crippen LogP contribution >= 0.6 is 22.6 Å². The van der Waals surface area contributed by atoms with E-state index in [1.807, 2.05) is 36.4 Å². The molecule has 120 valence electrons. The predicted molar refractivity (Wildman–Crippen MR) is 78.3 cm³/mol. The molecule has 0 saturated carbocycles. The highest BCUT2D eigenvalue weighted by Gasteiger charge is 2.41. The maximum Gasteiger partial charge on any atom is 0.330 e. The van der Waals surface area contributed by atoms with Gasteiger partial charge in [0, 0.05) is 0 Å². The van der Waals surface area contributed by atoms with Gasteiger partial charge in [0.2, 0.25) is 0 Å². The second kappa shape index (κ2) is 7.52. The fourth-order valence-corrected chi connectivity index (χ4v) is 1.96. The van der Waals surface area contributed by atoms with Crippen molar-refractivity contribution in [1.82, 2.24) is 9.97 Å². The summed E-state index contributed by atoms with van der Waals surface area (Å²) in [5.74, 6) is -3.53.